The average molecular weight is 271 g/mol. The summed E-state index contributed by atoms with van der Waals surface area (Å²) in [6.07, 6.45) is 1.65. The van der Waals surface area contributed by atoms with E-state index in [1.807, 2.05) is 0 Å². The Kier molecular flexibility index (Phi) is 5.14. The number of primary amides is 1. The number of carbonyl (C=O) groups is 3. The molecular formula is C12H21N3O4. The van der Waals surface area contributed by atoms with Crippen LogP contribution in [0.15, 0.2) is 0 Å². The summed E-state index contributed by atoms with van der Waals surface area (Å²) in [7, 11) is 0. The van der Waals surface area contributed by atoms with Gasteiger partial charge in [-0.15, -0.1) is 0 Å². The SMILES string of the molecule is CC(C)N(CC(N)=O)C(=O)NC1CCC(C(=O)O)C1. The largest absolute Gasteiger partial charge is 0.481 e. The average Bonchev–Trinajstić information content (AvgIpc) is 2.73. The third-order valence-electron chi connectivity index (χ3n) is 3.32. The van der Waals surface area contributed by atoms with Crippen molar-refractivity contribution in [3.63, 3.8) is 0 Å². The summed E-state index contributed by atoms with van der Waals surface area (Å²) >= 11 is 0. The minimum atomic E-state index is -0.824. The maximum Gasteiger partial charge on any atom is 0.318 e. The molecule has 19 heavy (non-hydrogen) atoms. The lowest BCUT2D eigenvalue weighted by atomic mass is 10.1. The van der Waals surface area contributed by atoms with Gasteiger partial charge in [-0.25, -0.2) is 4.79 Å². The van der Waals surface area contributed by atoms with Gasteiger partial charge in [-0.3, -0.25) is 9.59 Å². The number of carboxylic acid groups (broad SMARTS) is 1. The zero-order valence-electron chi connectivity index (χ0n) is 11.3. The fraction of sp³-hybridized carbons (Fsp3) is 0.750. The summed E-state index contributed by atoms with van der Waals surface area (Å²) in [6.45, 7) is 3.44. The van der Waals surface area contributed by atoms with Gasteiger partial charge in [0, 0.05) is 12.1 Å². The molecule has 1 aliphatic carbocycles. The van der Waals surface area contributed by atoms with Crippen LogP contribution < -0.4 is 11.1 Å². The summed E-state index contributed by atoms with van der Waals surface area (Å²) in [5.74, 6) is -1.79. The van der Waals surface area contributed by atoms with Crippen LogP contribution in [0.5, 0.6) is 0 Å². The van der Waals surface area contributed by atoms with E-state index in [0.29, 0.717) is 19.3 Å². The molecule has 0 bridgehead atoms. The molecule has 0 aliphatic heterocycles. The van der Waals surface area contributed by atoms with Gasteiger partial charge in [0.25, 0.3) is 0 Å². The van der Waals surface area contributed by atoms with Crippen molar-refractivity contribution < 1.29 is 19.5 Å². The molecule has 3 amide bonds. The lowest BCUT2D eigenvalue weighted by Crippen LogP contribution is -2.50. The zero-order valence-corrected chi connectivity index (χ0v) is 11.3. The van der Waals surface area contributed by atoms with Gasteiger partial charge in [-0.1, -0.05) is 0 Å². The van der Waals surface area contributed by atoms with Crippen LogP contribution >= 0.6 is 0 Å². The molecule has 2 atom stereocenters. The lowest BCUT2D eigenvalue weighted by Gasteiger charge is -2.27. The first-order valence-electron chi connectivity index (χ1n) is 6.39. The van der Waals surface area contributed by atoms with Gasteiger partial charge in [-0.2, -0.15) is 0 Å². The number of hydrogen-bond donors (Lipinski definition) is 3. The molecule has 0 aromatic carbocycles. The van der Waals surface area contributed by atoms with Crippen molar-refractivity contribution in [1.82, 2.24) is 10.2 Å². The van der Waals surface area contributed by atoms with Crippen LogP contribution in [0, 0.1) is 5.92 Å². The van der Waals surface area contributed by atoms with Crippen LogP contribution in [0.2, 0.25) is 0 Å². The summed E-state index contributed by atoms with van der Waals surface area (Å²) in [6, 6.07) is -0.670. The van der Waals surface area contributed by atoms with E-state index < -0.39 is 17.8 Å². The molecule has 0 spiro atoms. The number of urea groups is 1. The predicted molar refractivity (Wildman–Crippen MR) is 68.3 cm³/mol. The van der Waals surface area contributed by atoms with E-state index in [-0.39, 0.29) is 24.7 Å². The molecule has 4 N–H and O–H groups in total. The molecule has 2 unspecified atom stereocenters. The molecule has 7 heteroatoms. The minimum absolute atomic E-state index is 0.140. The molecule has 1 rings (SSSR count). The number of carboxylic acids is 1. The highest BCUT2D eigenvalue weighted by atomic mass is 16.4. The maximum absolute atomic E-state index is 12.0. The number of nitrogens with zero attached hydrogens (tertiary/aromatic N) is 1. The van der Waals surface area contributed by atoms with E-state index in [2.05, 4.69) is 5.32 Å². The number of nitrogens with two attached hydrogens (primary N) is 1. The van der Waals surface area contributed by atoms with Crippen LogP contribution in [-0.4, -0.2) is 46.5 Å². The second-order valence-electron chi connectivity index (χ2n) is 5.18. The molecule has 0 saturated heterocycles. The van der Waals surface area contributed by atoms with Crippen molar-refractivity contribution in [2.45, 2.75) is 45.2 Å². The Labute approximate surface area is 112 Å². The van der Waals surface area contributed by atoms with Gasteiger partial charge in [0.2, 0.25) is 5.91 Å². The fourth-order valence-corrected chi connectivity index (χ4v) is 2.25. The highest BCUT2D eigenvalue weighted by Gasteiger charge is 2.31. The van der Waals surface area contributed by atoms with Crippen molar-refractivity contribution in [1.29, 1.82) is 0 Å². The van der Waals surface area contributed by atoms with Crippen LogP contribution in [-0.2, 0) is 9.59 Å². The maximum atomic E-state index is 12.0. The Morgan fingerprint density at radius 1 is 1.37 bits per heavy atom. The normalized spacial score (nSPS) is 22.3. The molecule has 7 nitrogen and oxygen atoms in total. The molecular weight excluding hydrogens is 250 g/mol. The second-order valence-corrected chi connectivity index (χ2v) is 5.18. The van der Waals surface area contributed by atoms with Crippen molar-refractivity contribution in [3.8, 4) is 0 Å². The molecule has 0 aromatic rings. The number of aliphatic carboxylic acids is 1. The van der Waals surface area contributed by atoms with E-state index in [1.165, 1.54) is 4.90 Å². The minimum Gasteiger partial charge on any atom is -0.481 e. The summed E-state index contributed by atoms with van der Waals surface area (Å²) in [5.41, 5.74) is 5.10. The standard InChI is InChI=1S/C12H21N3O4/c1-7(2)15(6-10(13)16)12(19)14-9-4-3-8(5-9)11(17)18/h7-9H,3-6H2,1-2H3,(H2,13,16)(H,14,19)(H,17,18). The summed E-state index contributed by atoms with van der Waals surface area (Å²) in [4.78, 5) is 35.1. The lowest BCUT2D eigenvalue weighted by molar-refractivity contribution is -0.141. The van der Waals surface area contributed by atoms with E-state index in [0.717, 1.165) is 0 Å². The Bertz CT molecular complexity index is 370. The van der Waals surface area contributed by atoms with Crippen LogP contribution in [0.1, 0.15) is 33.1 Å². The highest BCUT2D eigenvalue weighted by Crippen LogP contribution is 2.25. The van der Waals surface area contributed by atoms with E-state index in [9.17, 15) is 14.4 Å². The third-order valence-corrected chi connectivity index (χ3v) is 3.32. The van der Waals surface area contributed by atoms with Crippen LogP contribution in [0.4, 0.5) is 4.79 Å². The van der Waals surface area contributed by atoms with Crippen molar-refractivity contribution in [2.24, 2.45) is 11.7 Å². The topological polar surface area (TPSA) is 113 Å². The first-order chi connectivity index (χ1) is 8.81. The molecule has 108 valence electrons. The fourth-order valence-electron chi connectivity index (χ4n) is 2.25. The molecule has 0 radical (unpaired) electrons. The summed E-state index contributed by atoms with van der Waals surface area (Å²) < 4.78 is 0. The van der Waals surface area contributed by atoms with Gasteiger partial charge in [0.15, 0.2) is 0 Å². The summed E-state index contributed by atoms with van der Waals surface area (Å²) in [5, 5.41) is 11.7. The first-order valence-corrected chi connectivity index (χ1v) is 6.39. The monoisotopic (exact) mass is 271 g/mol. The van der Waals surface area contributed by atoms with Crippen LogP contribution in [0.25, 0.3) is 0 Å². The molecule has 1 aliphatic rings. The van der Waals surface area contributed by atoms with Crippen molar-refractivity contribution in [2.75, 3.05) is 6.54 Å². The Morgan fingerprint density at radius 3 is 2.42 bits per heavy atom. The second kappa shape index (κ2) is 6.40. The smallest absolute Gasteiger partial charge is 0.318 e. The molecule has 1 saturated carbocycles. The van der Waals surface area contributed by atoms with Gasteiger partial charge >= 0.3 is 12.0 Å². The number of hydrogen-bond acceptors (Lipinski definition) is 3. The van der Waals surface area contributed by atoms with Gasteiger partial charge in [-0.05, 0) is 33.1 Å². The zero-order chi connectivity index (χ0) is 14.6. The first kappa shape index (κ1) is 15.3. The highest BCUT2D eigenvalue weighted by molar-refractivity contribution is 5.83. The Balaban J connectivity index is 2.53. The molecule has 0 aromatic heterocycles. The number of rotatable bonds is 5. The third kappa shape index (κ3) is 4.42. The number of nitrogens with one attached hydrogen (secondary N) is 1. The van der Waals surface area contributed by atoms with Gasteiger partial charge < -0.3 is 21.1 Å². The van der Waals surface area contributed by atoms with Crippen LogP contribution in [0.3, 0.4) is 0 Å². The van der Waals surface area contributed by atoms with Gasteiger partial charge in [0.05, 0.1) is 5.92 Å². The molecule has 0 heterocycles. The van der Waals surface area contributed by atoms with E-state index >= 15 is 0 Å². The Hall–Kier alpha value is -1.79. The van der Waals surface area contributed by atoms with Crippen molar-refractivity contribution in [3.05, 3.63) is 0 Å². The quantitative estimate of drug-likeness (QED) is 0.660. The van der Waals surface area contributed by atoms with Gasteiger partial charge in [0.1, 0.15) is 6.54 Å². The van der Waals surface area contributed by atoms with Crippen molar-refractivity contribution >= 4 is 17.9 Å². The van der Waals surface area contributed by atoms with E-state index in [4.69, 9.17) is 10.8 Å². The number of carbonyl (C=O) groups excluding carboxylic acids is 2. The predicted octanol–water partition coefficient (Wildman–Crippen LogP) is 0.145. The van der Waals surface area contributed by atoms with E-state index in [1.54, 1.807) is 13.8 Å². The number of amides is 3. The molecule has 1 fully saturated rings. The Morgan fingerprint density at radius 2 is 2.00 bits per heavy atom.